The van der Waals surface area contributed by atoms with E-state index in [2.05, 4.69) is 36.1 Å². The van der Waals surface area contributed by atoms with E-state index < -0.39 is 0 Å². The fraction of sp³-hybridized carbons (Fsp3) is 0.500. The van der Waals surface area contributed by atoms with Gasteiger partial charge in [-0.2, -0.15) is 0 Å². The van der Waals surface area contributed by atoms with Crippen LogP contribution in [0.1, 0.15) is 41.9 Å². The number of rotatable bonds is 7. The fourth-order valence-electron chi connectivity index (χ4n) is 3.17. The first-order chi connectivity index (χ1) is 12.8. The normalized spacial score (nSPS) is 14.7. The molecule has 1 aliphatic rings. The summed E-state index contributed by atoms with van der Waals surface area (Å²) in [6.45, 7) is 7.55. The van der Waals surface area contributed by atoms with E-state index in [1.807, 2.05) is 26.2 Å². The number of nitrogens with zero attached hydrogens (tertiary/aromatic N) is 3. The molecule has 0 saturated heterocycles. The number of nitrogens with one attached hydrogen (secondary N) is 1. The van der Waals surface area contributed by atoms with Gasteiger partial charge in [0.2, 0.25) is 0 Å². The number of anilines is 1. The van der Waals surface area contributed by atoms with Crippen LogP contribution in [0.2, 0.25) is 0 Å². The smallest absolute Gasteiger partial charge is 0.277 e. The van der Waals surface area contributed by atoms with Crippen molar-refractivity contribution >= 4 is 11.6 Å². The van der Waals surface area contributed by atoms with Crippen LogP contribution in [0.15, 0.2) is 24.4 Å². The minimum Gasteiger partial charge on any atom is -0.485 e. The number of hydrogen-bond donors (Lipinski definition) is 1. The monoisotopic (exact) mass is 372 g/mol. The summed E-state index contributed by atoms with van der Waals surface area (Å²) in [4.78, 5) is 21.8. The van der Waals surface area contributed by atoms with Crippen molar-refractivity contribution in [3.8, 4) is 5.75 Å². The summed E-state index contributed by atoms with van der Waals surface area (Å²) in [6, 6.07) is 5.53. The van der Waals surface area contributed by atoms with Crippen LogP contribution in [-0.4, -0.2) is 53.6 Å². The second-order valence-corrected chi connectivity index (χ2v) is 7.81. The molecule has 1 aromatic heterocycles. The largest absolute Gasteiger partial charge is 0.485 e. The predicted octanol–water partition coefficient (Wildman–Crippen LogP) is 2.54. The highest BCUT2D eigenvalue weighted by Crippen LogP contribution is 2.42. The molecule has 1 amide bonds. The quantitative estimate of drug-likeness (QED) is 0.757. The molecule has 0 bridgehead atoms. The SMILES string of the molecule is Cc1ccc(NC(=O)c2ccnn2OCCCN(C)C)c2c1CC(C)(C)O2. The zero-order valence-corrected chi connectivity index (χ0v) is 16.7. The summed E-state index contributed by atoms with van der Waals surface area (Å²) in [6.07, 6.45) is 3.23. The minimum atomic E-state index is -0.278. The summed E-state index contributed by atoms with van der Waals surface area (Å²) < 4.78 is 6.08. The Morgan fingerprint density at radius 2 is 2.15 bits per heavy atom. The maximum Gasteiger partial charge on any atom is 0.277 e. The van der Waals surface area contributed by atoms with E-state index in [4.69, 9.17) is 9.57 Å². The average Bonchev–Trinajstić information content (AvgIpc) is 3.18. The molecule has 0 spiro atoms. The van der Waals surface area contributed by atoms with Crippen molar-refractivity contribution in [2.45, 2.75) is 39.2 Å². The first-order valence-corrected chi connectivity index (χ1v) is 9.22. The number of carbonyl (C=O) groups excluding carboxylic acids is 1. The Morgan fingerprint density at radius 1 is 1.37 bits per heavy atom. The molecule has 0 radical (unpaired) electrons. The molecular weight excluding hydrogens is 344 g/mol. The highest BCUT2D eigenvalue weighted by Gasteiger charge is 2.33. The van der Waals surface area contributed by atoms with E-state index in [9.17, 15) is 4.79 Å². The predicted molar refractivity (Wildman–Crippen MR) is 104 cm³/mol. The van der Waals surface area contributed by atoms with Gasteiger partial charge in [-0.1, -0.05) is 10.9 Å². The Bertz CT molecular complexity index is 827. The van der Waals surface area contributed by atoms with Crippen LogP contribution in [0.25, 0.3) is 0 Å². The highest BCUT2D eigenvalue weighted by molar-refractivity contribution is 6.04. The van der Waals surface area contributed by atoms with Crippen LogP contribution in [0.5, 0.6) is 5.75 Å². The lowest BCUT2D eigenvalue weighted by Gasteiger charge is -2.18. The molecule has 0 fully saturated rings. The molecular formula is C20H28N4O3. The molecule has 1 aromatic carbocycles. The van der Waals surface area contributed by atoms with Crippen molar-refractivity contribution in [1.82, 2.24) is 14.8 Å². The molecule has 0 saturated carbocycles. The van der Waals surface area contributed by atoms with Crippen LogP contribution < -0.4 is 14.9 Å². The van der Waals surface area contributed by atoms with Crippen LogP contribution in [0.4, 0.5) is 5.69 Å². The summed E-state index contributed by atoms with van der Waals surface area (Å²) in [5.41, 5.74) is 3.07. The second kappa shape index (κ2) is 7.60. The van der Waals surface area contributed by atoms with Gasteiger partial charge in [-0.3, -0.25) is 4.79 Å². The third-order valence-corrected chi connectivity index (χ3v) is 4.53. The van der Waals surface area contributed by atoms with Crippen LogP contribution >= 0.6 is 0 Å². The second-order valence-electron chi connectivity index (χ2n) is 7.81. The maximum atomic E-state index is 12.8. The summed E-state index contributed by atoms with van der Waals surface area (Å²) in [5, 5.41) is 7.04. The van der Waals surface area contributed by atoms with Gasteiger partial charge in [0.15, 0.2) is 5.69 Å². The van der Waals surface area contributed by atoms with Crippen molar-refractivity contribution in [3.63, 3.8) is 0 Å². The maximum absolute atomic E-state index is 12.8. The van der Waals surface area contributed by atoms with Gasteiger partial charge >= 0.3 is 0 Å². The molecule has 1 N–H and O–H groups in total. The Balaban J connectivity index is 1.71. The highest BCUT2D eigenvalue weighted by atomic mass is 16.7. The summed E-state index contributed by atoms with van der Waals surface area (Å²) >= 11 is 0. The van der Waals surface area contributed by atoms with Gasteiger partial charge in [0, 0.05) is 18.5 Å². The third-order valence-electron chi connectivity index (χ3n) is 4.53. The fourth-order valence-corrected chi connectivity index (χ4v) is 3.17. The van der Waals surface area contributed by atoms with E-state index in [-0.39, 0.29) is 11.5 Å². The van der Waals surface area contributed by atoms with E-state index in [0.717, 1.165) is 30.7 Å². The number of hydrogen-bond acceptors (Lipinski definition) is 5. The van der Waals surface area contributed by atoms with E-state index in [1.165, 1.54) is 10.4 Å². The average molecular weight is 372 g/mol. The molecule has 27 heavy (non-hydrogen) atoms. The number of ether oxygens (including phenoxy) is 1. The zero-order valence-electron chi connectivity index (χ0n) is 16.7. The van der Waals surface area contributed by atoms with Crippen molar-refractivity contribution in [3.05, 3.63) is 41.2 Å². The Kier molecular flexibility index (Phi) is 5.41. The van der Waals surface area contributed by atoms with Crippen LogP contribution in [-0.2, 0) is 6.42 Å². The lowest BCUT2D eigenvalue weighted by atomic mass is 9.97. The van der Waals surface area contributed by atoms with Gasteiger partial charge in [0.1, 0.15) is 18.0 Å². The Morgan fingerprint density at radius 3 is 2.89 bits per heavy atom. The van der Waals surface area contributed by atoms with Crippen LogP contribution in [0, 0.1) is 6.92 Å². The lowest BCUT2D eigenvalue weighted by Crippen LogP contribution is -2.26. The van der Waals surface area contributed by atoms with E-state index in [1.54, 1.807) is 12.3 Å². The Hall–Kier alpha value is -2.54. The number of fused-ring (bicyclic) bond motifs is 1. The summed E-state index contributed by atoms with van der Waals surface area (Å²) in [7, 11) is 4.02. The number of aromatic nitrogens is 2. The van der Waals surface area contributed by atoms with Crippen molar-refractivity contribution in [2.24, 2.45) is 0 Å². The van der Waals surface area contributed by atoms with E-state index in [0.29, 0.717) is 18.0 Å². The molecule has 7 heteroatoms. The molecule has 0 unspecified atom stereocenters. The number of aryl methyl sites for hydroxylation is 1. The van der Waals surface area contributed by atoms with Gasteiger partial charge in [-0.15, -0.1) is 5.10 Å². The number of benzene rings is 1. The Labute approximate surface area is 160 Å². The number of carbonyl (C=O) groups is 1. The third kappa shape index (κ3) is 4.42. The standard InChI is InChI=1S/C20H28N4O3/c1-14-7-8-16(18-15(14)13-20(2,3)27-18)22-19(25)17-9-10-21-24(17)26-12-6-11-23(4)5/h7-10H,6,11-13H2,1-5H3,(H,22,25). The molecule has 0 atom stereocenters. The van der Waals surface area contributed by atoms with Gasteiger partial charge in [0.05, 0.1) is 11.9 Å². The van der Waals surface area contributed by atoms with Crippen molar-refractivity contribution in [1.29, 1.82) is 0 Å². The molecule has 0 aliphatic carbocycles. The van der Waals surface area contributed by atoms with Crippen molar-refractivity contribution in [2.75, 3.05) is 32.6 Å². The first kappa shape index (κ1) is 19.2. The summed E-state index contributed by atoms with van der Waals surface area (Å²) in [5.74, 6) is 0.478. The molecule has 146 valence electrons. The zero-order chi connectivity index (χ0) is 19.6. The minimum absolute atomic E-state index is 0.273. The molecule has 2 heterocycles. The van der Waals surface area contributed by atoms with E-state index >= 15 is 0 Å². The van der Waals surface area contributed by atoms with Crippen LogP contribution in [0.3, 0.4) is 0 Å². The number of amides is 1. The van der Waals surface area contributed by atoms with Gasteiger partial charge in [-0.05, 0) is 59.0 Å². The van der Waals surface area contributed by atoms with Gasteiger partial charge in [-0.25, -0.2) is 0 Å². The lowest BCUT2D eigenvalue weighted by molar-refractivity contribution is 0.0664. The first-order valence-electron chi connectivity index (χ1n) is 9.22. The molecule has 7 nitrogen and oxygen atoms in total. The topological polar surface area (TPSA) is 68.6 Å². The molecule has 2 aromatic rings. The molecule has 3 rings (SSSR count). The van der Waals surface area contributed by atoms with Gasteiger partial charge < -0.3 is 19.8 Å². The van der Waals surface area contributed by atoms with Gasteiger partial charge in [0.25, 0.3) is 5.91 Å². The molecule has 1 aliphatic heterocycles. The van der Waals surface area contributed by atoms with Crippen molar-refractivity contribution < 1.29 is 14.4 Å².